The lowest BCUT2D eigenvalue weighted by atomic mass is 9.89. The van der Waals surface area contributed by atoms with E-state index < -0.39 is 0 Å². The van der Waals surface area contributed by atoms with Crippen LogP contribution in [0, 0.1) is 11.8 Å². The van der Waals surface area contributed by atoms with Gasteiger partial charge in [-0.15, -0.1) is 12.4 Å². The highest BCUT2D eigenvalue weighted by molar-refractivity contribution is 6.34. The molecule has 122 valence electrons. The van der Waals surface area contributed by atoms with Gasteiger partial charge in [-0.2, -0.15) is 0 Å². The van der Waals surface area contributed by atoms with Crippen LogP contribution >= 0.6 is 35.6 Å². The van der Waals surface area contributed by atoms with Crippen molar-refractivity contribution in [1.82, 2.24) is 10.2 Å². The highest BCUT2D eigenvalue weighted by atomic mass is 35.5. The lowest BCUT2D eigenvalue weighted by molar-refractivity contribution is 0.0730. The first-order valence-electron chi connectivity index (χ1n) is 7.19. The van der Waals surface area contributed by atoms with Crippen LogP contribution < -0.4 is 5.32 Å². The van der Waals surface area contributed by atoms with E-state index in [0.29, 0.717) is 21.9 Å². The van der Waals surface area contributed by atoms with Crippen LogP contribution in [0.3, 0.4) is 0 Å². The largest absolute Gasteiger partial charge is 0.445 e. The summed E-state index contributed by atoms with van der Waals surface area (Å²) in [6.45, 7) is 3.83. The number of hydrogen-bond acceptors (Lipinski definition) is 3. The molecule has 0 aromatic heterocycles. The molecule has 0 saturated carbocycles. The molecule has 4 nitrogen and oxygen atoms in total. The minimum atomic E-state index is -0.253. The van der Waals surface area contributed by atoms with E-state index in [1.54, 1.807) is 23.1 Å². The van der Waals surface area contributed by atoms with Crippen molar-refractivity contribution >= 4 is 41.7 Å². The first-order valence-corrected chi connectivity index (χ1v) is 7.95. The fourth-order valence-corrected chi connectivity index (χ4v) is 3.70. The smallest absolute Gasteiger partial charge is 0.410 e. The Morgan fingerprint density at radius 2 is 1.91 bits per heavy atom. The number of fused-ring (bicyclic) bond motifs is 1. The van der Waals surface area contributed by atoms with E-state index in [0.717, 1.165) is 38.2 Å². The lowest BCUT2D eigenvalue weighted by Gasteiger charge is -2.33. The molecule has 2 saturated heterocycles. The van der Waals surface area contributed by atoms with E-state index in [-0.39, 0.29) is 25.1 Å². The highest BCUT2D eigenvalue weighted by Crippen LogP contribution is 2.27. The predicted molar refractivity (Wildman–Crippen MR) is 89.9 cm³/mol. The summed E-state index contributed by atoms with van der Waals surface area (Å²) in [5, 5.41) is 4.48. The van der Waals surface area contributed by atoms with Gasteiger partial charge in [0.05, 0.1) is 0 Å². The zero-order valence-electron chi connectivity index (χ0n) is 12.1. The number of ether oxygens (including phenoxy) is 1. The second-order valence-corrected chi connectivity index (χ2v) is 6.62. The SMILES string of the molecule is Cl.O=C(OCc1cc(Cl)cc(Cl)c1)N1CC[C@@H]2CNC[C@H]2C1. The number of carbonyl (C=O) groups excluding carboxylic acids is 1. The Morgan fingerprint density at radius 1 is 1.23 bits per heavy atom. The molecule has 0 spiro atoms. The lowest BCUT2D eigenvalue weighted by Crippen LogP contribution is -2.43. The highest BCUT2D eigenvalue weighted by Gasteiger charge is 2.34. The van der Waals surface area contributed by atoms with Gasteiger partial charge in [0.15, 0.2) is 0 Å². The number of rotatable bonds is 2. The summed E-state index contributed by atoms with van der Waals surface area (Å²) in [5.74, 6) is 1.27. The van der Waals surface area contributed by atoms with Gasteiger partial charge in [0, 0.05) is 23.1 Å². The summed E-state index contributed by atoms with van der Waals surface area (Å²) < 4.78 is 5.38. The van der Waals surface area contributed by atoms with Gasteiger partial charge in [0.25, 0.3) is 0 Å². The van der Waals surface area contributed by atoms with Gasteiger partial charge < -0.3 is 15.0 Å². The molecule has 1 amide bonds. The van der Waals surface area contributed by atoms with Crippen LogP contribution in [0.25, 0.3) is 0 Å². The number of nitrogens with one attached hydrogen (secondary N) is 1. The topological polar surface area (TPSA) is 41.6 Å². The third-order valence-corrected chi connectivity index (χ3v) is 4.68. The van der Waals surface area contributed by atoms with Crippen molar-refractivity contribution < 1.29 is 9.53 Å². The maximum atomic E-state index is 12.1. The van der Waals surface area contributed by atoms with E-state index in [4.69, 9.17) is 27.9 Å². The number of likely N-dealkylation sites (tertiary alicyclic amines) is 1. The third-order valence-electron chi connectivity index (χ3n) is 4.25. The second kappa shape index (κ2) is 7.73. The molecule has 22 heavy (non-hydrogen) atoms. The van der Waals surface area contributed by atoms with Crippen molar-refractivity contribution in [3.05, 3.63) is 33.8 Å². The maximum Gasteiger partial charge on any atom is 0.410 e. The molecule has 2 heterocycles. The number of benzene rings is 1. The summed E-state index contributed by atoms with van der Waals surface area (Å²) in [4.78, 5) is 14.0. The van der Waals surface area contributed by atoms with Gasteiger partial charge >= 0.3 is 6.09 Å². The summed E-state index contributed by atoms with van der Waals surface area (Å²) in [7, 11) is 0. The molecule has 3 rings (SSSR count). The van der Waals surface area contributed by atoms with E-state index in [1.165, 1.54) is 0 Å². The van der Waals surface area contributed by atoms with Crippen molar-refractivity contribution in [3.8, 4) is 0 Å². The van der Waals surface area contributed by atoms with Crippen LogP contribution in [0.1, 0.15) is 12.0 Å². The van der Waals surface area contributed by atoms with Crippen molar-refractivity contribution in [2.75, 3.05) is 26.2 Å². The summed E-state index contributed by atoms with van der Waals surface area (Å²) in [5.41, 5.74) is 0.804. The minimum Gasteiger partial charge on any atom is -0.445 e. The van der Waals surface area contributed by atoms with Crippen LogP contribution in [-0.2, 0) is 11.3 Å². The average Bonchev–Trinajstić information content (AvgIpc) is 2.91. The van der Waals surface area contributed by atoms with Crippen molar-refractivity contribution in [2.45, 2.75) is 13.0 Å². The Hall–Kier alpha value is -0.680. The standard InChI is InChI=1S/C15H18Cl2N2O2.ClH/c16-13-3-10(4-14(17)5-13)9-21-15(20)19-2-1-11-6-18-7-12(11)8-19;/h3-5,11-12,18H,1-2,6-9H2;1H/t11-,12+;/m1./s1. The monoisotopic (exact) mass is 364 g/mol. The zero-order valence-corrected chi connectivity index (χ0v) is 14.4. The number of amides is 1. The summed E-state index contributed by atoms with van der Waals surface area (Å²) in [6, 6.07) is 5.17. The quantitative estimate of drug-likeness (QED) is 0.871. The Labute approximate surface area is 146 Å². The molecule has 2 aliphatic rings. The molecular formula is C15H19Cl3N2O2. The van der Waals surface area contributed by atoms with Crippen molar-refractivity contribution in [2.24, 2.45) is 11.8 Å². The number of hydrogen-bond donors (Lipinski definition) is 1. The van der Waals surface area contributed by atoms with Gasteiger partial charge in [0.1, 0.15) is 6.61 Å². The molecule has 0 aliphatic carbocycles. The van der Waals surface area contributed by atoms with Gasteiger partial charge in [-0.25, -0.2) is 4.79 Å². The Kier molecular flexibility index (Phi) is 6.21. The fraction of sp³-hybridized carbons (Fsp3) is 0.533. The van der Waals surface area contributed by atoms with Gasteiger partial charge in [0.2, 0.25) is 0 Å². The molecule has 7 heteroatoms. The minimum absolute atomic E-state index is 0. The Balaban J connectivity index is 0.00000176. The second-order valence-electron chi connectivity index (χ2n) is 5.75. The molecule has 1 aromatic rings. The number of piperidine rings is 1. The van der Waals surface area contributed by atoms with Crippen LogP contribution in [0.5, 0.6) is 0 Å². The first kappa shape index (κ1) is 17.7. The Bertz CT molecular complexity index is 521. The average molecular weight is 366 g/mol. The maximum absolute atomic E-state index is 12.1. The molecule has 0 unspecified atom stereocenters. The van der Waals surface area contributed by atoms with Gasteiger partial charge in [-0.3, -0.25) is 0 Å². The summed E-state index contributed by atoms with van der Waals surface area (Å²) in [6.07, 6.45) is 0.798. The Morgan fingerprint density at radius 3 is 2.64 bits per heavy atom. The number of carbonyl (C=O) groups is 1. The molecule has 2 atom stereocenters. The van der Waals surface area contributed by atoms with Crippen molar-refractivity contribution in [1.29, 1.82) is 0 Å². The first-order chi connectivity index (χ1) is 10.1. The normalized spacial score (nSPS) is 23.6. The van der Waals surface area contributed by atoms with Crippen LogP contribution in [0.15, 0.2) is 18.2 Å². The molecule has 1 N–H and O–H groups in total. The molecule has 1 aromatic carbocycles. The van der Waals surface area contributed by atoms with Crippen molar-refractivity contribution in [3.63, 3.8) is 0 Å². The molecule has 2 fully saturated rings. The number of nitrogens with zero attached hydrogens (tertiary/aromatic N) is 1. The van der Waals surface area contributed by atoms with E-state index in [2.05, 4.69) is 5.32 Å². The molecular weight excluding hydrogens is 347 g/mol. The fourth-order valence-electron chi connectivity index (χ4n) is 3.13. The molecule has 0 bridgehead atoms. The zero-order chi connectivity index (χ0) is 14.8. The van der Waals surface area contributed by atoms with Gasteiger partial charge in [-0.1, -0.05) is 23.2 Å². The molecule has 0 radical (unpaired) electrons. The van der Waals surface area contributed by atoms with Crippen LogP contribution in [-0.4, -0.2) is 37.2 Å². The predicted octanol–water partition coefficient (Wildman–Crippen LogP) is 3.59. The number of halogens is 3. The van der Waals surface area contributed by atoms with Crippen LogP contribution in [0.2, 0.25) is 10.0 Å². The van der Waals surface area contributed by atoms with E-state index in [1.807, 2.05) is 0 Å². The molecule has 2 aliphatic heterocycles. The van der Waals surface area contributed by atoms with E-state index >= 15 is 0 Å². The van der Waals surface area contributed by atoms with Gasteiger partial charge in [-0.05, 0) is 55.1 Å². The summed E-state index contributed by atoms with van der Waals surface area (Å²) >= 11 is 11.9. The third kappa shape index (κ3) is 4.19. The van der Waals surface area contributed by atoms with E-state index in [9.17, 15) is 4.79 Å². The van der Waals surface area contributed by atoms with Crippen LogP contribution in [0.4, 0.5) is 4.79 Å².